The third-order valence-electron chi connectivity index (χ3n) is 1.76. The van der Waals surface area contributed by atoms with Gasteiger partial charge in [0, 0.05) is 12.3 Å². The highest BCUT2D eigenvalue weighted by atomic mass is 16.5. The van der Waals surface area contributed by atoms with E-state index in [-0.39, 0.29) is 5.92 Å². The monoisotopic (exact) mass is 128 g/mol. The molecule has 0 aromatic carbocycles. The van der Waals surface area contributed by atoms with Crippen molar-refractivity contribution < 1.29 is 9.53 Å². The molecule has 1 atom stereocenters. The Hall–Kier alpha value is -0.370. The van der Waals surface area contributed by atoms with Crippen LogP contribution in [-0.4, -0.2) is 19.0 Å². The van der Waals surface area contributed by atoms with E-state index >= 15 is 0 Å². The summed E-state index contributed by atoms with van der Waals surface area (Å²) in [4.78, 5) is 10.9. The molecule has 0 amide bonds. The predicted molar refractivity (Wildman–Crippen MR) is 34.2 cm³/mol. The molecule has 1 aliphatic heterocycles. The maximum Gasteiger partial charge on any atom is 0.140 e. The molecule has 2 nitrogen and oxygen atoms in total. The van der Waals surface area contributed by atoms with Crippen LogP contribution in [0.5, 0.6) is 0 Å². The molecular formula is C7H12O2. The molecule has 0 unspecified atom stereocenters. The van der Waals surface area contributed by atoms with E-state index in [9.17, 15) is 4.79 Å². The molecule has 0 aromatic rings. The van der Waals surface area contributed by atoms with Crippen LogP contribution < -0.4 is 0 Å². The largest absolute Gasteiger partial charge is 0.380 e. The van der Waals surface area contributed by atoms with Crippen LogP contribution in [-0.2, 0) is 9.53 Å². The molecule has 9 heavy (non-hydrogen) atoms. The predicted octanol–water partition coefficient (Wildman–Crippen LogP) is 1.00. The van der Waals surface area contributed by atoms with Crippen LogP contribution in [0.1, 0.15) is 19.8 Å². The molecule has 1 saturated heterocycles. The second-order valence-corrected chi connectivity index (χ2v) is 2.40. The zero-order valence-corrected chi connectivity index (χ0v) is 5.72. The van der Waals surface area contributed by atoms with Gasteiger partial charge < -0.3 is 4.74 Å². The summed E-state index contributed by atoms with van der Waals surface area (Å²) < 4.78 is 5.12. The smallest absolute Gasteiger partial charge is 0.140 e. The first-order valence-corrected chi connectivity index (χ1v) is 3.45. The van der Waals surface area contributed by atoms with Gasteiger partial charge in [-0.1, -0.05) is 6.92 Å². The molecule has 2 heteroatoms. The van der Waals surface area contributed by atoms with Gasteiger partial charge in [-0.3, -0.25) is 4.79 Å². The molecule has 1 aliphatic rings. The Morgan fingerprint density at radius 2 is 2.56 bits per heavy atom. The van der Waals surface area contributed by atoms with Gasteiger partial charge in [0.05, 0.1) is 13.2 Å². The summed E-state index contributed by atoms with van der Waals surface area (Å²) in [7, 11) is 0. The van der Waals surface area contributed by atoms with Gasteiger partial charge in [-0.05, 0) is 6.42 Å². The SMILES string of the molecule is CC[C@H]1COCCC1=O. The molecule has 0 aliphatic carbocycles. The second kappa shape index (κ2) is 2.97. The molecular weight excluding hydrogens is 116 g/mol. The lowest BCUT2D eigenvalue weighted by Gasteiger charge is -2.18. The highest BCUT2D eigenvalue weighted by molar-refractivity contribution is 5.81. The van der Waals surface area contributed by atoms with Crippen molar-refractivity contribution in [2.75, 3.05) is 13.2 Å². The average Bonchev–Trinajstić information content (AvgIpc) is 1.89. The van der Waals surface area contributed by atoms with E-state index in [4.69, 9.17) is 4.74 Å². The molecule has 1 rings (SSSR count). The fourth-order valence-electron chi connectivity index (χ4n) is 1.04. The first-order valence-electron chi connectivity index (χ1n) is 3.45. The number of rotatable bonds is 1. The highest BCUT2D eigenvalue weighted by Crippen LogP contribution is 2.12. The van der Waals surface area contributed by atoms with Gasteiger partial charge in [0.15, 0.2) is 0 Å². The minimum atomic E-state index is 0.193. The van der Waals surface area contributed by atoms with Crippen molar-refractivity contribution in [3.05, 3.63) is 0 Å². The summed E-state index contributed by atoms with van der Waals surface area (Å²) in [5.41, 5.74) is 0. The number of ketones is 1. The molecule has 0 spiro atoms. The van der Waals surface area contributed by atoms with Crippen molar-refractivity contribution in [3.63, 3.8) is 0 Å². The van der Waals surface area contributed by atoms with Crippen LogP contribution in [0.3, 0.4) is 0 Å². The van der Waals surface area contributed by atoms with E-state index in [1.54, 1.807) is 0 Å². The number of ether oxygens (including phenoxy) is 1. The van der Waals surface area contributed by atoms with Crippen LogP contribution in [0.15, 0.2) is 0 Å². The van der Waals surface area contributed by atoms with Crippen molar-refractivity contribution in [2.45, 2.75) is 19.8 Å². The van der Waals surface area contributed by atoms with E-state index in [0.29, 0.717) is 25.4 Å². The molecule has 0 aromatic heterocycles. The van der Waals surface area contributed by atoms with Crippen molar-refractivity contribution in [2.24, 2.45) is 5.92 Å². The Morgan fingerprint density at radius 1 is 1.78 bits per heavy atom. The molecule has 1 fully saturated rings. The van der Waals surface area contributed by atoms with E-state index in [2.05, 4.69) is 0 Å². The first kappa shape index (κ1) is 6.75. The Bertz CT molecular complexity index is 109. The molecule has 1 heterocycles. The van der Waals surface area contributed by atoms with Crippen LogP contribution >= 0.6 is 0 Å². The van der Waals surface area contributed by atoms with E-state index in [1.165, 1.54) is 0 Å². The summed E-state index contributed by atoms with van der Waals surface area (Å²) in [6, 6.07) is 0. The summed E-state index contributed by atoms with van der Waals surface area (Å²) in [5.74, 6) is 0.572. The molecule has 52 valence electrons. The summed E-state index contributed by atoms with van der Waals surface area (Å²) >= 11 is 0. The van der Waals surface area contributed by atoms with Gasteiger partial charge in [-0.2, -0.15) is 0 Å². The molecule has 0 radical (unpaired) electrons. The van der Waals surface area contributed by atoms with Gasteiger partial charge in [0.25, 0.3) is 0 Å². The molecule has 0 N–H and O–H groups in total. The fraction of sp³-hybridized carbons (Fsp3) is 0.857. The van der Waals surface area contributed by atoms with Crippen LogP contribution in [0, 0.1) is 5.92 Å². The Kier molecular flexibility index (Phi) is 2.22. The molecule has 0 bridgehead atoms. The minimum absolute atomic E-state index is 0.193. The quantitative estimate of drug-likeness (QED) is 0.526. The van der Waals surface area contributed by atoms with Gasteiger partial charge in [0.2, 0.25) is 0 Å². The Balaban J connectivity index is 2.39. The number of hydrogen-bond donors (Lipinski definition) is 0. The van der Waals surface area contributed by atoms with Gasteiger partial charge >= 0.3 is 0 Å². The second-order valence-electron chi connectivity index (χ2n) is 2.40. The van der Waals surface area contributed by atoms with Crippen molar-refractivity contribution in [1.29, 1.82) is 0 Å². The maximum absolute atomic E-state index is 10.9. The van der Waals surface area contributed by atoms with Crippen LogP contribution in [0.4, 0.5) is 0 Å². The van der Waals surface area contributed by atoms with E-state index < -0.39 is 0 Å². The van der Waals surface area contributed by atoms with Crippen molar-refractivity contribution in [3.8, 4) is 0 Å². The van der Waals surface area contributed by atoms with E-state index in [1.807, 2.05) is 6.92 Å². The van der Waals surface area contributed by atoms with Crippen LogP contribution in [0.2, 0.25) is 0 Å². The highest BCUT2D eigenvalue weighted by Gasteiger charge is 2.19. The van der Waals surface area contributed by atoms with Gasteiger partial charge in [-0.25, -0.2) is 0 Å². The van der Waals surface area contributed by atoms with Gasteiger partial charge in [-0.15, -0.1) is 0 Å². The number of carbonyl (C=O) groups is 1. The van der Waals surface area contributed by atoms with Crippen LogP contribution in [0.25, 0.3) is 0 Å². The fourth-order valence-corrected chi connectivity index (χ4v) is 1.04. The van der Waals surface area contributed by atoms with Gasteiger partial charge in [0.1, 0.15) is 5.78 Å². The van der Waals surface area contributed by atoms with Crippen molar-refractivity contribution in [1.82, 2.24) is 0 Å². The number of carbonyl (C=O) groups excluding carboxylic acids is 1. The Morgan fingerprint density at radius 3 is 3.00 bits per heavy atom. The topological polar surface area (TPSA) is 26.3 Å². The van der Waals surface area contributed by atoms with E-state index in [0.717, 1.165) is 6.42 Å². The molecule has 0 saturated carbocycles. The zero-order chi connectivity index (χ0) is 6.69. The lowest BCUT2D eigenvalue weighted by atomic mass is 9.98. The maximum atomic E-state index is 10.9. The third-order valence-corrected chi connectivity index (χ3v) is 1.76. The lowest BCUT2D eigenvalue weighted by molar-refractivity contribution is -0.130. The summed E-state index contributed by atoms with van der Waals surface area (Å²) in [5, 5.41) is 0. The summed E-state index contributed by atoms with van der Waals surface area (Å²) in [6.45, 7) is 3.31. The number of Topliss-reactive ketones (excluding diaryl/α,β-unsaturated/α-hetero) is 1. The number of hydrogen-bond acceptors (Lipinski definition) is 2. The average molecular weight is 128 g/mol. The first-order chi connectivity index (χ1) is 4.34. The zero-order valence-electron chi connectivity index (χ0n) is 5.72. The Labute approximate surface area is 55.2 Å². The third kappa shape index (κ3) is 1.52. The summed E-state index contributed by atoms with van der Waals surface area (Å²) in [6.07, 6.45) is 1.55. The van der Waals surface area contributed by atoms with Crippen molar-refractivity contribution >= 4 is 5.78 Å². The lowest BCUT2D eigenvalue weighted by Crippen LogP contribution is -2.26. The minimum Gasteiger partial charge on any atom is -0.380 e. The normalized spacial score (nSPS) is 28.6. The standard InChI is InChI=1S/C7H12O2/c1-2-6-5-9-4-3-7(6)8/h6H,2-5H2,1H3/t6-/m0/s1.